The fourth-order valence-electron chi connectivity index (χ4n) is 1.89. The molecular weight excluding hydrogens is 356 g/mol. The smallest absolute Gasteiger partial charge is 0.325 e. The minimum absolute atomic E-state index is 0.158. The summed E-state index contributed by atoms with van der Waals surface area (Å²) in [7, 11) is 1.17. The molecule has 0 aliphatic carbocycles. The number of hydrogen-bond donors (Lipinski definition) is 1. The third kappa shape index (κ3) is 10.9. The van der Waals surface area contributed by atoms with Crippen LogP contribution in [-0.2, 0) is 33.5 Å². The summed E-state index contributed by atoms with van der Waals surface area (Å²) in [6.07, 6.45) is -0.441. The monoisotopic (exact) mass is 384 g/mol. The van der Waals surface area contributed by atoms with Crippen LogP contribution in [-0.4, -0.2) is 66.8 Å². The van der Waals surface area contributed by atoms with Gasteiger partial charge in [0.15, 0.2) is 11.6 Å². The van der Waals surface area contributed by atoms with Crippen LogP contribution in [0.3, 0.4) is 0 Å². The molecule has 27 heavy (non-hydrogen) atoms. The van der Waals surface area contributed by atoms with Crippen LogP contribution in [0.2, 0.25) is 0 Å². The summed E-state index contributed by atoms with van der Waals surface area (Å²) in [6.45, 7) is 4.10. The van der Waals surface area contributed by atoms with Crippen molar-refractivity contribution in [3.8, 4) is 0 Å². The number of methoxy groups -OCH3 is 1. The molecule has 0 spiro atoms. The van der Waals surface area contributed by atoms with Gasteiger partial charge in [-0.15, -0.1) is 0 Å². The predicted octanol–water partition coefficient (Wildman–Crippen LogP) is 0.0478. The Hall–Kier alpha value is -2.58. The van der Waals surface area contributed by atoms with E-state index >= 15 is 0 Å². The molecule has 2 amide bonds. The van der Waals surface area contributed by atoms with Gasteiger partial charge in [0.25, 0.3) is 0 Å². The number of carbonyl (C=O) groups is 6. The Morgan fingerprint density at radius 2 is 1.59 bits per heavy atom. The van der Waals surface area contributed by atoms with Crippen LogP contribution in [0.25, 0.3) is 0 Å². The van der Waals surface area contributed by atoms with E-state index in [1.54, 1.807) is 20.8 Å². The molecule has 152 valence electrons. The average molecular weight is 384 g/mol. The molecule has 1 N–H and O–H groups in total. The fraction of sp³-hybridized carbons (Fsp3) is 0.667. The maximum atomic E-state index is 12.2. The van der Waals surface area contributed by atoms with Crippen molar-refractivity contribution in [3.05, 3.63) is 0 Å². The number of esters is 1. The second-order valence-corrected chi connectivity index (χ2v) is 6.33. The van der Waals surface area contributed by atoms with Gasteiger partial charge in [-0.3, -0.25) is 28.8 Å². The molecule has 0 rings (SSSR count). The first-order valence-corrected chi connectivity index (χ1v) is 8.78. The first-order valence-electron chi connectivity index (χ1n) is 8.78. The lowest BCUT2D eigenvalue weighted by atomic mass is 10.1. The molecule has 0 aliphatic heterocycles. The average Bonchev–Trinajstić information content (AvgIpc) is 2.63. The zero-order valence-corrected chi connectivity index (χ0v) is 16.3. The summed E-state index contributed by atoms with van der Waals surface area (Å²) in [4.78, 5) is 71.0. The van der Waals surface area contributed by atoms with E-state index in [1.807, 2.05) is 0 Å². The van der Waals surface area contributed by atoms with Gasteiger partial charge in [0.2, 0.25) is 11.8 Å². The van der Waals surface area contributed by atoms with Gasteiger partial charge in [0.1, 0.15) is 12.3 Å². The van der Waals surface area contributed by atoms with E-state index in [4.69, 9.17) is 0 Å². The molecule has 0 saturated carbocycles. The third-order valence-electron chi connectivity index (χ3n) is 3.74. The molecule has 0 fully saturated rings. The SMILES string of the molecule is CCC(=O)CN(CC(=O)OC)C(=O)CCC(=O)CNC(=O)CC(=O)C(C)C. The molecular formula is C18H28N2O7. The first-order chi connectivity index (χ1) is 12.6. The second kappa shape index (κ2) is 12.7. The number of rotatable bonds is 13. The van der Waals surface area contributed by atoms with Crippen LogP contribution in [0, 0.1) is 5.92 Å². The number of amides is 2. The second-order valence-electron chi connectivity index (χ2n) is 6.33. The topological polar surface area (TPSA) is 127 Å². The number of nitrogens with zero attached hydrogens (tertiary/aromatic N) is 1. The summed E-state index contributed by atoms with van der Waals surface area (Å²) < 4.78 is 4.50. The van der Waals surface area contributed by atoms with Crippen LogP contribution in [0.4, 0.5) is 0 Å². The molecule has 0 bridgehead atoms. The van der Waals surface area contributed by atoms with E-state index < -0.39 is 23.6 Å². The Balaban J connectivity index is 4.46. The van der Waals surface area contributed by atoms with Crippen molar-refractivity contribution in [2.24, 2.45) is 5.92 Å². The van der Waals surface area contributed by atoms with Crippen LogP contribution < -0.4 is 5.32 Å². The maximum absolute atomic E-state index is 12.2. The lowest BCUT2D eigenvalue weighted by Gasteiger charge is -2.20. The van der Waals surface area contributed by atoms with Crippen molar-refractivity contribution in [2.75, 3.05) is 26.7 Å². The van der Waals surface area contributed by atoms with Gasteiger partial charge in [-0.2, -0.15) is 0 Å². The molecule has 0 aliphatic rings. The highest BCUT2D eigenvalue weighted by Gasteiger charge is 2.21. The van der Waals surface area contributed by atoms with Gasteiger partial charge in [0, 0.05) is 25.2 Å². The largest absolute Gasteiger partial charge is 0.468 e. The Labute approximate surface area is 158 Å². The van der Waals surface area contributed by atoms with Gasteiger partial charge in [-0.25, -0.2) is 0 Å². The number of carbonyl (C=O) groups excluding carboxylic acids is 6. The van der Waals surface area contributed by atoms with Gasteiger partial charge >= 0.3 is 5.97 Å². The predicted molar refractivity (Wildman–Crippen MR) is 95.6 cm³/mol. The van der Waals surface area contributed by atoms with Crippen LogP contribution >= 0.6 is 0 Å². The summed E-state index contributed by atoms with van der Waals surface area (Å²) in [5.74, 6) is -2.86. The van der Waals surface area contributed by atoms with E-state index in [0.29, 0.717) is 0 Å². The van der Waals surface area contributed by atoms with Crippen LogP contribution in [0.1, 0.15) is 46.5 Å². The van der Waals surface area contributed by atoms with Gasteiger partial charge in [-0.1, -0.05) is 20.8 Å². The molecule has 0 aromatic rings. The van der Waals surface area contributed by atoms with Gasteiger partial charge in [0.05, 0.1) is 26.6 Å². The number of Topliss-reactive ketones (excluding diaryl/α,β-unsaturated/α-hetero) is 3. The molecule has 9 heteroatoms. The molecule has 0 saturated heterocycles. The zero-order chi connectivity index (χ0) is 21.0. The molecule has 9 nitrogen and oxygen atoms in total. The highest BCUT2D eigenvalue weighted by Crippen LogP contribution is 2.02. The Morgan fingerprint density at radius 3 is 2.11 bits per heavy atom. The first kappa shape index (κ1) is 24.4. The summed E-state index contributed by atoms with van der Waals surface area (Å²) in [5, 5.41) is 2.34. The Bertz CT molecular complexity index is 566. The molecule has 0 radical (unpaired) electrons. The lowest BCUT2D eigenvalue weighted by Crippen LogP contribution is -2.40. The number of nitrogens with one attached hydrogen (secondary N) is 1. The highest BCUT2D eigenvalue weighted by molar-refractivity contribution is 6.00. The Morgan fingerprint density at radius 1 is 0.963 bits per heavy atom. The van der Waals surface area contributed by atoms with E-state index in [-0.39, 0.29) is 62.8 Å². The number of ether oxygens (including phenoxy) is 1. The number of ketones is 3. The third-order valence-corrected chi connectivity index (χ3v) is 3.74. The van der Waals surface area contributed by atoms with E-state index in [2.05, 4.69) is 10.1 Å². The van der Waals surface area contributed by atoms with Crippen molar-refractivity contribution in [3.63, 3.8) is 0 Å². The minimum Gasteiger partial charge on any atom is -0.468 e. The highest BCUT2D eigenvalue weighted by atomic mass is 16.5. The molecule has 0 aromatic carbocycles. The van der Waals surface area contributed by atoms with Gasteiger partial charge in [-0.05, 0) is 0 Å². The lowest BCUT2D eigenvalue weighted by molar-refractivity contribution is -0.148. The van der Waals surface area contributed by atoms with Gasteiger partial charge < -0.3 is 15.0 Å². The summed E-state index contributed by atoms with van der Waals surface area (Å²) in [6, 6.07) is 0. The quantitative estimate of drug-likeness (QED) is 0.351. The minimum atomic E-state index is -0.666. The van der Waals surface area contributed by atoms with Crippen molar-refractivity contribution >= 4 is 35.1 Å². The maximum Gasteiger partial charge on any atom is 0.325 e. The number of hydrogen-bond acceptors (Lipinski definition) is 7. The standard InChI is InChI=1S/C18H28N2O7/c1-5-13(21)10-20(11-18(26)27-4)17(25)7-6-14(22)9-19-16(24)8-15(23)12(2)3/h12H,5-11H2,1-4H3,(H,19,24). The zero-order valence-electron chi connectivity index (χ0n) is 16.3. The van der Waals surface area contributed by atoms with Crippen molar-refractivity contribution < 1.29 is 33.5 Å². The molecule has 0 unspecified atom stereocenters. The normalized spacial score (nSPS) is 10.3. The summed E-state index contributed by atoms with van der Waals surface area (Å²) >= 11 is 0. The fourth-order valence-corrected chi connectivity index (χ4v) is 1.89. The van der Waals surface area contributed by atoms with E-state index in [1.165, 1.54) is 7.11 Å². The van der Waals surface area contributed by atoms with E-state index in [9.17, 15) is 28.8 Å². The van der Waals surface area contributed by atoms with Crippen molar-refractivity contribution in [1.29, 1.82) is 0 Å². The Kier molecular flexibility index (Phi) is 11.5. The van der Waals surface area contributed by atoms with Crippen LogP contribution in [0.5, 0.6) is 0 Å². The molecule has 0 aromatic heterocycles. The molecule has 0 atom stereocenters. The van der Waals surface area contributed by atoms with Crippen LogP contribution in [0.15, 0.2) is 0 Å². The van der Waals surface area contributed by atoms with Crippen molar-refractivity contribution in [2.45, 2.75) is 46.5 Å². The molecule has 0 heterocycles. The van der Waals surface area contributed by atoms with E-state index in [0.717, 1.165) is 4.90 Å². The summed E-state index contributed by atoms with van der Waals surface area (Å²) in [5.41, 5.74) is 0. The van der Waals surface area contributed by atoms with Crippen molar-refractivity contribution in [1.82, 2.24) is 10.2 Å².